The van der Waals surface area contributed by atoms with Gasteiger partial charge in [-0.05, 0) is 50.1 Å². The summed E-state index contributed by atoms with van der Waals surface area (Å²) in [5.41, 5.74) is 4.15. The van der Waals surface area contributed by atoms with Gasteiger partial charge in [0.05, 0.1) is 17.6 Å². The normalized spacial score (nSPS) is 21.9. The molecule has 0 saturated heterocycles. The minimum atomic E-state index is -0.360. The number of ketones is 1. The van der Waals surface area contributed by atoms with Gasteiger partial charge in [0.1, 0.15) is 0 Å². The summed E-state index contributed by atoms with van der Waals surface area (Å²) >= 11 is 1.57. The van der Waals surface area contributed by atoms with E-state index in [-0.39, 0.29) is 29.7 Å². The fraction of sp³-hybridized carbons (Fsp3) is 0.333. The average molecular weight is 408 g/mol. The van der Waals surface area contributed by atoms with Gasteiger partial charge in [0.25, 0.3) is 0 Å². The predicted molar refractivity (Wildman–Crippen MR) is 115 cm³/mol. The Morgan fingerprint density at radius 1 is 1.14 bits per heavy atom. The van der Waals surface area contributed by atoms with E-state index in [9.17, 15) is 9.59 Å². The second kappa shape index (κ2) is 7.99. The lowest BCUT2D eigenvalue weighted by atomic mass is 9.73. The number of rotatable bonds is 4. The molecule has 1 aromatic heterocycles. The lowest BCUT2D eigenvalue weighted by molar-refractivity contribution is -0.143. The number of nitrogens with one attached hydrogen (secondary N) is 1. The van der Waals surface area contributed by atoms with Crippen LogP contribution in [0, 0.1) is 0 Å². The van der Waals surface area contributed by atoms with Crippen LogP contribution in [0.1, 0.15) is 55.9 Å². The number of ether oxygens (including phenoxy) is 1. The number of Topliss-reactive ketones (excluding diaryl/α,β-unsaturated/α-hetero) is 1. The van der Waals surface area contributed by atoms with E-state index in [0.717, 1.165) is 28.3 Å². The molecule has 0 radical (unpaired) electrons. The Bertz CT molecular complexity index is 986. The summed E-state index contributed by atoms with van der Waals surface area (Å²) in [4.78, 5) is 27.3. The largest absolute Gasteiger partial charge is 0.460 e. The summed E-state index contributed by atoms with van der Waals surface area (Å²) in [6.45, 7) is 5.58. The number of dihydropyridines is 1. The smallest absolute Gasteiger partial charge is 0.337 e. The van der Waals surface area contributed by atoms with Crippen LogP contribution in [0.5, 0.6) is 0 Å². The Labute approximate surface area is 175 Å². The van der Waals surface area contributed by atoms with E-state index in [1.807, 2.05) is 56.5 Å². The van der Waals surface area contributed by atoms with Gasteiger partial charge in [-0.25, -0.2) is 4.79 Å². The zero-order chi connectivity index (χ0) is 20.5. The number of esters is 1. The highest BCUT2D eigenvalue weighted by Crippen LogP contribution is 2.46. The predicted octanol–water partition coefficient (Wildman–Crippen LogP) is 5.06. The van der Waals surface area contributed by atoms with Gasteiger partial charge in [-0.15, -0.1) is 11.3 Å². The van der Waals surface area contributed by atoms with Crippen molar-refractivity contribution in [1.82, 2.24) is 5.32 Å². The molecule has 1 aromatic carbocycles. The Balaban J connectivity index is 1.76. The first-order valence-corrected chi connectivity index (χ1v) is 10.9. The van der Waals surface area contributed by atoms with Gasteiger partial charge < -0.3 is 10.1 Å². The van der Waals surface area contributed by atoms with Gasteiger partial charge in [0.15, 0.2) is 5.78 Å². The molecule has 29 heavy (non-hydrogen) atoms. The molecule has 4 rings (SSSR count). The van der Waals surface area contributed by atoms with Gasteiger partial charge >= 0.3 is 5.97 Å². The molecule has 0 bridgehead atoms. The van der Waals surface area contributed by atoms with Crippen molar-refractivity contribution in [3.63, 3.8) is 0 Å². The third kappa shape index (κ3) is 3.79. The molecule has 0 amide bonds. The van der Waals surface area contributed by atoms with E-state index in [4.69, 9.17) is 4.74 Å². The molecule has 1 aliphatic carbocycles. The molecular weight excluding hydrogens is 382 g/mol. The summed E-state index contributed by atoms with van der Waals surface area (Å²) in [6.07, 6.45) is 1.00. The van der Waals surface area contributed by atoms with E-state index in [0.29, 0.717) is 12.0 Å². The fourth-order valence-corrected chi connectivity index (χ4v) is 5.13. The Kier molecular flexibility index (Phi) is 5.41. The minimum absolute atomic E-state index is 0.105. The van der Waals surface area contributed by atoms with Crippen molar-refractivity contribution in [3.05, 3.63) is 80.8 Å². The molecule has 0 spiro atoms. The molecule has 2 heterocycles. The number of hydrogen-bond acceptors (Lipinski definition) is 5. The van der Waals surface area contributed by atoms with Crippen LogP contribution in [0.25, 0.3) is 0 Å². The summed E-state index contributed by atoms with van der Waals surface area (Å²) in [5.74, 6) is -0.459. The molecule has 2 aromatic rings. The maximum Gasteiger partial charge on any atom is 0.337 e. The van der Waals surface area contributed by atoms with E-state index < -0.39 is 0 Å². The molecule has 2 atom stereocenters. The van der Waals surface area contributed by atoms with Crippen molar-refractivity contribution in [2.24, 2.45) is 0 Å². The quantitative estimate of drug-likeness (QED) is 0.720. The number of hydrogen-bond donors (Lipinski definition) is 1. The van der Waals surface area contributed by atoms with Crippen molar-refractivity contribution in [3.8, 4) is 0 Å². The van der Waals surface area contributed by atoms with E-state index in [2.05, 4.69) is 17.4 Å². The Hall–Kier alpha value is -2.66. The number of thiophene rings is 1. The van der Waals surface area contributed by atoms with Crippen molar-refractivity contribution in [2.75, 3.05) is 0 Å². The molecule has 5 heteroatoms. The first-order chi connectivity index (χ1) is 14.0. The van der Waals surface area contributed by atoms with E-state index >= 15 is 0 Å². The van der Waals surface area contributed by atoms with Crippen LogP contribution in [-0.4, -0.2) is 17.9 Å². The number of allylic oxidation sites excluding steroid dienone is 3. The molecule has 0 fully saturated rings. The van der Waals surface area contributed by atoms with Crippen LogP contribution in [0.4, 0.5) is 0 Å². The van der Waals surface area contributed by atoms with Crippen LogP contribution in [-0.2, 0) is 14.3 Å². The van der Waals surface area contributed by atoms with Crippen LogP contribution < -0.4 is 5.32 Å². The number of benzene rings is 1. The van der Waals surface area contributed by atoms with E-state index in [1.54, 1.807) is 11.3 Å². The molecule has 2 aliphatic rings. The first-order valence-electron chi connectivity index (χ1n) is 9.99. The first kappa shape index (κ1) is 19.6. The fourth-order valence-electron chi connectivity index (χ4n) is 4.29. The summed E-state index contributed by atoms with van der Waals surface area (Å²) < 4.78 is 5.53. The van der Waals surface area contributed by atoms with Gasteiger partial charge in [-0.2, -0.15) is 0 Å². The van der Waals surface area contributed by atoms with Crippen molar-refractivity contribution in [1.29, 1.82) is 0 Å². The summed E-state index contributed by atoms with van der Waals surface area (Å²) in [6, 6.07) is 14.1. The number of carbonyl (C=O) groups is 2. The second-order valence-corrected chi connectivity index (χ2v) is 8.88. The molecular formula is C24H25NO3S. The van der Waals surface area contributed by atoms with Gasteiger partial charge in [-0.1, -0.05) is 36.4 Å². The maximum atomic E-state index is 13.3. The third-order valence-corrected chi connectivity index (χ3v) is 6.43. The summed E-state index contributed by atoms with van der Waals surface area (Å²) in [5, 5.41) is 5.37. The average Bonchev–Trinajstić information content (AvgIpc) is 3.21. The molecule has 1 aliphatic heterocycles. The van der Waals surface area contributed by atoms with Crippen molar-refractivity contribution >= 4 is 23.1 Å². The maximum absolute atomic E-state index is 13.3. The molecule has 0 saturated carbocycles. The molecule has 0 unspecified atom stereocenters. The minimum Gasteiger partial charge on any atom is -0.460 e. The zero-order valence-corrected chi connectivity index (χ0v) is 17.7. The number of carbonyl (C=O) groups excluding carboxylic acids is 2. The summed E-state index contributed by atoms with van der Waals surface area (Å²) in [7, 11) is 0. The topological polar surface area (TPSA) is 55.4 Å². The molecule has 1 N–H and O–H groups in total. The van der Waals surface area contributed by atoms with Crippen LogP contribution in [0.2, 0.25) is 0 Å². The van der Waals surface area contributed by atoms with Crippen LogP contribution in [0.3, 0.4) is 0 Å². The van der Waals surface area contributed by atoms with Gasteiger partial charge in [0.2, 0.25) is 0 Å². The Morgan fingerprint density at radius 3 is 2.55 bits per heavy atom. The lowest BCUT2D eigenvalue weighted by Crippen LogP contribution is -2.36. The van der Waals surface area contributed by atoms with Crippen LogP contribution >= 0.6 is 11.3 Å². The van der Waals surface area contributed by atoms with Crippen molar-refractivity contribution in [2.45, 2.75) is 51.6 Å². The SMILES string of the molecule is CC1=C(C(=O)OC(C)C)[C@H](c2cccs2)C2=C(C[C@H](c3ccccc3)CC2=O)N1. The lowest BCUT2D eigenvalue weighted by Gasteiger charge is -2.36. The second-order valence-electron chi connectivity index (χ2n) is 7.90. The Morgan fingerprint density at radius 2 is 1.90 bits per heavy atom. The third-order valence-electron chi connectivity index (χ3n) is 5.49. The molecule has 150 valence electrons. The van der Waals surface area contributed by atoms with Crippen molar-refractivity contribution < 1.29 is 14.3 Å². The highest BCUT2D eigenvalue weighted by molar-refractivity contribution is 7.10. The van der Waals surface area contributed by atoms with Crippen LogP contribution in [0.15, 0.2) is 70.4 Å². The highest BCUT2D eigenvalue weighted by atomic mass is 32.1. The van der Waals surface area contributed by atoms with Gasteiger partial charge in [-0.3, -0.25) is 4.79 Å². The zero-order valence-electron chi connectivity index (χ0n) is 16.9. The standard InChI is InChI=1S/C24H25NO3S/c1-14(2)28-24(27)21-15(3)25-18-12-17(16-8-5-4-6-9-16)13-19(26)22(18)23(21)20-10-7-11-29-20/h4-11,14,17,23,25H,12-13H2,1-3H3/t17-,23-/m0/s1. The van der Waals surface area contributed by atoms with Gasteiger partial charge in [0, 0.05) is 28.3 Å². The molecule has 4 nitrogen and oxygen atoms in total. The van der Waals surface area contributed by atoms with E-state index in [1.165, 1.54) is 5.56 Å². The monoisotopic (exact) mass is 407 g/mol. The highest BCUT2D eigenvalue weighted by Gasteiger charge is 2.41.